The third-order valence-corrected chi connectivity index (χ3v) is 4.83. The highest BCUT2D eigenvalue weighted by atomic mass is 16.7. The number of ether oxygens (including phenoxy) is 5. The molecular formula is C20H22O8. The number of carbonyl (C=O) groups excluding carboxylic acids is 3. The number of fused-ring (bicyclic) bond motifs is 3. The molecule has 0 fully saturated rings. The highest BCUT2D eigenvalue weighted by Crippen LogP contribution is 2.53. The Morgan fingerprint density at radius 2 is 1.75 bits per heavy atom. The second-order valence-electron chi connectivity index (χ2n) is 6.83. The third-order valence-electron chi connectivity index (χ3n) is 4.83. The van der Waals surface area contributed by atoms with Gasteiger partial charge in [-0.2, -0.15) is 0 Å². The van der Waals surface area contributed by atoms with Gasteiger partial charge in [-0.1, -0.05) is 12.2 Å². The zero-order valence-electron chi connectivity index (χ0n) is 16.4. The van der Waals surface area contributed by atoms with Crippen LogP contribution < -0.4 is 9.47 Å². The highest BCUT2D eigenvalue weighted by molar-refractivity contribution is 5.99. The number of rotatable bonds is 4. The monoisotopic (exact) mass is 390 g/mol. The number of carbonyl (C=O) groups is 3. The van der Waals surface area contributed by atoms with Gasteiger partial charge in [-0.3, -0.25) is 9.59 Å². The van der Waals surface area contributed by atoms with Gasteiger partial charge in [0.25, 0.3) is 6.29 Å². The van der Waals surface area contributed by atoms with Gasteiger partial charge in [-0.25, -0.2) is 4.79 Å². The van der Waals surface area contributed by atoms with Gasteiger partial charge >= 0.3 is 17.9 Å². The maximum absolute atomic E-state index is 12.6. The molecule has 1 aromatic rings. The van der Waals surface area contributed by atoms with Crippen molar-refractivity contribution in [3.05, 3.63) is 34.4 Å². The van der Waals surface area contributed by atoms with Crippen LogP contribution in [0.2, 0.25) is 0 Å². The Hall–Kier alpha value is -3.03. The molecule has 2 heterocycles. The lowest BCUT2D eigenvalue weighted by molar-refractivity contribution is -0.166. The van der Waals surface area contributed by atoms with Crippen molar-refractivity contribution in [3.8, 4) is 11.5 Å². The average Bonchev–Trinajstić information content (AvgIpc) is 2.90. The SMILES string of the molecule is C=C(C)C1COc2c(C)c(OC)c3c(c2C1OC(C)=O)C(OC(C)=O)OC3=O. The maximum atomic E-state index is 12.6. The van der Waals surface area contributed by atoms with Crippen molar-refractivity contribution in [2.75, 3.05) is 13.7 Å². The first-order chi connectivity index (χ1) is 13.2. The van der Waals surface area contributed by atoms with E-state index in [1.807, 2.05) is 0 Å². The minimum Gasteiger partial charge on any atom is -0.495 e. The van der Waals surface area contributed by atoms with E-state index in [1.165, 1.54) is 21.0 Å². The fourth-order valence-corrected chi connectivity index (χ4v) is 3.67. The van der Waals surface area contributed by atoms with Crippen LogP contribution in [-0.4, -0.2) is 31.6 Å². The number of benzene rings is 1. The van der Waals surface area contributed by atoms with E-state index in [4.69, 9.17) is 23.7 Å². The first-order valence-corrected chi connectivity index (χ1v) is 8.75. The van der Waals surface area contributed by atoms with Gasteiger partial charge < -0.3 is 23.7 Å². The van der Waals surface area contributed by atoms with Gasteiger partial charge in [0.15, 0.2) is 0 Å². The normalized spacial score (nSPS) is 22.3. The highest BCUT2D eigenvalue weighted by Gasteiger charge is 2.47. The molecule has 3 rings (SSSR count). The van der Waals surface area contributed by atoms with Crippen LogP contribution in [0.15, 0.2) is 12.2 Å². The molecule has 2 aliphatic heterocycles. The molecule has 28 heavy (non-hydrogen) atoms. The Morgan fingerprint density at radius 1 is 1.11 bits per heavy atom. The molecule has 8 nitrogen and oxygen atoms in total. The molecule has 0 N–H and O–H groups in total. The molecule has 0 radical (unpaired) electrons. The number of methoxy groups -OCH3 is 1. The van der Waals surface area contributed by atoms with Crippen molar-refractivity contribution >= 4 is 17.9 Å². The Bertz CT molecular complexity index is 885. The summed E-state index contributed by atoms with van der Waals surface area (Å²) in [4.78, 5) is 35.9. The van der Waals surface area contributed by atoms with E-state index in [1.54, 1.807) is 13.8 Å². The molecular weight excluding hydrogens is 368 g/mol. The predicted octanol–water partition coefficient (Wildman–Crippen LogP) is 2.92. The Balaban J connectivity index is 2.33. The van der Waals surface area contributed by atoms with Crippen LogP contribution in [0.5, 0.6) is 11.5 Å². The molecule has 0 spiro atoms. The second-order valence-corrected chi connectivity index (χ2v) is 6.83. The fraction of sp³-hybridized carbons (Fsp3) is 0.450. The molecule has 1 aromatic carbocycles. The summed E-state index contributed by atoms with van der Waals surface area (Å²) in [6.45, 7) is 10.2. The van der Waals surface area contributed by atoms with E-state index < -0.39 is 30.3 Å². The number of hydrogen-bond acceptors (Lipinski definition) is 8. The van der Waals surface area contributed by atoms with E-state index in [0.29, 0.717) is 16.9 Å². The Labute approximate surface area is 162 Å². The molecule has 150 valence electrons. The Kier molecular flexibility index (Phi) is 5.06. The maximum Gasteiger partial charge on any atom is 0.345 e. The second kappa shape index (κ2) is 7.18. The van der Waals surface area contributed by atoms with Crippen LogP contribution in [0.1, 0.15) is 60.2 Å². The van der Waals surface area contributed by atoms with Gasteiger partial charge in [0.1, 0.15) is 23.2 Å². The quantitative estimate of drug-likeness (QED) is 0.572. The summed E-state index contributed by atoms with van der Waals surface area (Å²) in [5.41, 5.74) is 2.14. The summed E-state index contributed by atoms with van der Waals surface area (Å²) in [5.74, 6) is -1.49. The van der Waals surface area contributed by atoms with Gasteiger partial charge in [0, 0.05) is 25.0 Å². The molecule has 0 saturated carbocycles. The van der Waals surface area contributed by atoms with Crippen molar-refractivity contribution < 1.29 is 38.1 Å². The Morgan fingerprint density at radius 3 is 2.29 bits per heavy atom. The van der Waals surface area contributed by atoms with Crippen molar-refractivity contribution in [1.82, 2.24) is 0 Å². The zero-order chi connectivity index (χ0) is 20.7. The molecule has 0 bridgehead atoms. The summed E-state index contributed by atoms with van der Waals surface area (Å²) in [6.07, 6.45) is -2.06. The van der Waals surface area contributed by atoms with Gasteiger partial charge in [-0.15, -0.1) is 0 Å². The van der Waals surface area contributed by atoms with Crippen LogP contribution in [0.25, 0.3) is 0 Å². The van der Waals surface area contributed by atoms with Crippen LogP contribution in [0.4, 0.5) is 0 Å². The van der Waals surface area contributed by atoms with E-state index >= 15 is 0 Å². The summed E-state index contributed by atoms with van der Waals surface area (Å²) in [5, 5.41) is 0. The van der Waals surface area contributed by atoms with Crippen molar-refractivity contribution in [2.45, 2.75) is 40.1 Å². The molecule has 3 atom stereocenters. The predicted molar refractivity (Wildman–Crippen MR) is 96.0 cm³/mol. The topological polar surface area (TPSA) is 97.4 Å². The minimum absolute atomic E-state index is 0.133. The molecule has 2 aliphatic rings. The third kappa shape index (κ3) is 3.08. The first kappa shape index (κ1) is 19.7. The summed E-state index contributed by atoms with van der Waals surface area (Å²) in [6, 6.07) is 0. The first-order valence-electron chi connectivity index (χ1n) is 8.75. The summed E-state index contributed by atoms with van der Waals surface area (Å²) < 4.78 is 27.5. The molecule has 8 heteroatoms. The average molecular weight is 390 g/mol. The van der Waals surface area contributed by atoms with Gasteiger partial charge in [0.2, 0.25) is 0 Å². The molecule has 3 unspecified atom stereocenters. The summed E-state index contributed by atoms with van der Waals surface area (Å²) in [7, 11) is 1.42. The number of esters is 3. The lowest BCUT2D eigenvalue weighted by atomic mass is 9.83. The van der Waals surface area contributed by atoms with Gasteiger partial charge in [-0.05, 0) is 13.8 Å². The van der Waals surface area contributed by atoms with Crippen LogP contribution in [0.3, 0.4) is 0 Å². The smallest absolute Gasteiger partial charge is 0.345 e. The molecule has 0 amide bonds. The lowest BCUT2D eigenvalue weighted by Gasteiger charge is -2.36. The largest absolute Gasteiger partial charge is 0.495 e. The van der Waals surface area contributed by atoms with E-state index in [0.717, 1.165) is 5.57 Å². The van der Waals surface area contributed by atoms with Crippen molar-refractivity contribution in [3.63, 3.8) is 0 Å². The molecule has 0 saturated heterocycles. The lowest BCUT2D eigenvalue weighted by Crippen LogP contribution is -2.31. The van der Waals surface area contributed by atoms with Crippen LogP contribution in [-0.2, 0) is 23.8 Å². The van der Waals surface area contributed by atoms with Crippen LogP contribution >= 0.6 is 0 Å². The van der Waals surface area contributed by atoms with Crippen molar-refractivity contribution in [1.29, 1.82) is 0 Å². The minimum atomic E-state index is -1.28. The number of cyclic esters (lactones) is 1. The van der Waals surface area contributed by atoms with Crippen LogP contribution in [0, 0.1) is 12.8 Å². The summed E-state index contributed by atoms with van der Waals surface area (Å²) >= 11 is 0. The standard InChI is InChI=1S/C20H22O8/c1-8(2)12-7-25-17-9(3)16(24-6)15-13(14(17)18(12)26-10(4)21)20(27-11(5)22)28-19(15)23/h12,18,20H,1,7H2,2-6H3. The van der Waals surface area contributed by atoms with E-state index in [-0.39, 0.29) is 29.4 Å². The molecule has 0 aliphatic carbocycles. The fourth-order valence-electron chi connectivity index (χ4n) is 3.67. The zero-order valence-corrected chi connectivity index (χ0v) is 16.4. The van der Waals surface area contributed by atoms with Crippen molar-refractivity contribution in [2.24, 2.45) is 5.92 Å². The van der Waals surface area contributed by atoms with E-state index in [9.17, 15) is 14.4 Å². The number of hydrogen-bond donors (Lipinski definition) is 0. The van der Waals surface area contributed by atoms with E-state index in [2.05, 4.69) is 6.58 Å². The molecule has 0 aromatic heterocycles. The van der Waals surface area contributed by atoms with Gasteiger partial charge in [0.05, 0.1) is 25.2 Å².